The molecule has 94 valence electrons. The van der Waals surface area contributed by atoms with E-state index in [0.717, 1.165) is 38.0 Å². The molecule has 17 heavy (non-hydrogen) atoms. The lowest BCUT2D eigenvalue weighted by molar-refractivity contribution is -0.118. The molecular weight excluding hydrogens is 236 g/mol. The zero-order chi connectivity index (χ0) is 12.1. The van der Waals surface area contributed by atoms with Gasteiger partial charge in [-0.2, -0.15) is 0 Å². The number of thiazole rings is 1. The minimum absolute atomic E-state index is 0.244. The van der Waals surface area contributed by atoms with Crippen molar-refractivity contribution in [3.05, 3.63) is 11.1 Å². The molecule has 1 aromatic rings. The van der Waals surface area contributed by atoms with Crippen LogP contribution in [0, 0.1) is 0 Å². The molecule has 4 nitrogen and oxygen atoms in total. The summed E-state index contributed by atoms with van der Waals surface area (Å²) in [5.74, 6) is 0.244. The van der Waals surface area contributed by atoms with Crippen molar-refractivity contribution in [3.8, 4) is 0 Å². The fraction of sp³-hybridized carbons (Fsp3) is 0.667. The van der Waals surface area contributed by atoms with Crippen LogP contribution in [0.5, 0.6) is 0 Å². The van der Waals surface area contributed by atoms with E-state index < -0.39 is 0 Å². The quantitative estimate of drug-likeness (QED) is 0.845. The van der Waals surface area contributed by atoms with Crippen LogP contribution in [0.4, 0.5) is 5.13 Å². The second kappa shape index (κ2) is 6.12. The molecule has 1 aliphatic rings. The van der Waals surface area contributed by atoms with E-state index in [0.29, 0.717) is 24.1 Å². The number of anilines is 1. The Balaban J connectivity index is 1.63. The van der Waals surface area contributed by atoms with Gasteiger partial charge in [0.1, 0.15) is 5.78 Å². The summed E-state index contributed by atoms with van der Waals surface area (Å²) in [6.45, 7) is 0.886. The number of nitrogens with two attached hydrogens (primary N) is 1. The number of Topliss-reactive ketones (excluding diaryl/α,β-unsaturated/α-hetero) is 1. The number of ketones is 1. The Morgan fingerprint density at radius 2 is 2.53 bits per heavy atom. The molecule has 0 radical (unpaired) electrons. The van der Waals surface area contributed by atoms with Crippen LogP contribution in [0.1, 0.15) is 37.8 Å². The van der Waals surface area contributed by atoms with Crippen molar-refractivity contribution < 1.29 is 9.53 Å². The van der Waals surface area contributed by atoms with Gasteiger partial charge in [0.25, 0.3) is 0 Å². The SMILES string of the molecule is Nc1nc(CC(=O)CCCC2CCCO2)cs1. The molecule has 1 fully saturated rings. The highest BCUT2D eigenvalue weighted by Gasteiger charge is 2.15. The minimum Gasteiger partial charge on any atom is -0.378 e. The van der Waals surface area contributed by atoms with Crippen molar-refractivity contribution in [2.24, 2.45) is 0 Å². The molecule has 2 N–H and O–H groups in total. The number of hydrogen-bond acceptors (Lipinski definition) is 5. The first-order chi connectivity index (χ1) is 8.24. The van der Waals surface area contributed by atoms with Crippen LogP contribution in [0.25, 0.3) is 0 Å². The first-order valence-electron chi connectivity index (χ1n) is 6.07. The second-order valence-corrected chi connectivity index (χ2v) is 5.31. The van der Waals surface area contributed by atoms with Gasteiger partial charge >= 0.3 is 0 Å². The third-order valence-corrected chi connectivity index (χ3v) is 3.68. The van der Waals surface area contributed by atoms with Gasteiger partial charge in [-0.25, -0.2) is 4.98 Å². The lowest BCUT2D eigenvalue weighted by Gasteiger charge is -2.07. The number of carbonyl (C=O) groups excluding carboxylic acids is 1. The van der Waals surface area contributed by atoms with E-state index in [1.165, 1.54) is 11.3 Å². The highest BCUT2D eigenvalue weighted by molar-refractivity contribution is 7.13. The van der Waals surface area contributed by atoms with Gasteiger partial charge < -0.3 is 10.5 Å². The highest BCUT2D eigenvalue weighted by Crippen LogP contribution is 2.18. The molecule has 1 atom stereocenters. The molecule has 1 aromatic heterocycles. The van der Waals surface area contributed by atoms with E-state index in [1.54, 1.807) is 0 Å². The number of rotatable bonds is 6. The Labute approximate surface area is 105 Å². The summed E-state index contributed by atoms with van der Waals surface area (Å²) in [6.07, 6.45) is 5.66. The van der Waals surface area contributed by atoms with Gasteiger partial charge in [0.2, 0.25) is 0 Å². The van der Waals surface area contributed by atoms with Crippen LogP contribution in [0.2, 0.25) is 0 Å². The summed E-state index contributed by atoms with van der Waals surface area (Å²) in [6, 6.07) is 0. The third-order valence-electron chi connectivity index (χ3n) is 2.95. The molecule has 2 heterocycles. The van der Waals surface area contributed by atoms with Crippen LogP contribution in [-0.4, -0.2) is 23.5 Å². The highest BCUT2D eigenvalue weighted by atomic mass is 32.1. The van der Waals surface area contributed by atoms with E-state index in [2.05, 4.69) is 4.98 Å². The molecule has 1 unspecified atom stereocenters. The zero-order valence-electron chi connectivity index (χ0n) is 9.85. The smallest absolute Gasteiger partial charge is 0.180 e. The minimum atomic E-state index is 0.244. The number of nitrogen functional groups attached to an aromatic ring is 1. The molecule has 2 rings (SSSR count). The topological polar surface area (TPSA) is 65.2 Å². The predicted molar refractivity (Wildman–Crippen MR) is 68.1 cm³/mol. The fourth-order valence-electron chi connectivity index (χ4n) is 2.09. The zero-order valence-corrected chi connectivity index (χ0v) is 10.7. The maximum Gasteiger partial charge on any atom is 0.180 e. The van der Waals surface area contributed by atoms with E-state index >= 15 is 0 Å². The summed E-state index contributed by atoms with van der Waals surface area (Å²) in [4.78, 5) is 15.8. The first-order valence-corrected chi connectivity index (χ1v) is 6.95. The number of carbonyl (C=O) groups is 1. The second-order valence-electron chi connectivity index (χ2n) is 4.42. The van der Waals surface area contributed by atoms with Crippen LogP contribution in [0.3, 0.4) is 0 Å². The fourth-order valence-corrected chi connectivity index (χ4v) is 2.66. The third kappa shape index (κ3) is 4.09. The van der Waals surface area contributed by atoms with Gasteiger partial charge in [0, 0.05) is 24.8 Å². The largest absolute Gasteiger partial charge is 0.378 e. The molecule has 0 aromatic carbocycles. The lowest BCUT2D eigenvalue weighted by atomic mass is 10.1. The number of nitrogens with zero attached hydrogens (tertiary/aromatic N) is 1. The Hall–Kier alpha value is -0.940. The monoisotopic (exact) mass is 254 g/mol. The summed E-state index contributed by atoms with van der Waals surface area (Å²) in [7, 11) is 0. The average molecular weight is 254 g/mol. The van der Waals surface area contributed by atoms with Crippen molar-refractivity contribution in [1.29, 1.82) is 0 Å². The molecule has 1 aliphatic heterocycles. The number of ether oxygens (including phenoxy) is 1. The van der Waals surface area contributed by atoms with Crippen molar-refractivity contribution in [3.63, 3.8) is 0 Å². The Morgan fingerprint density at radius 1 is 1.65 bits per heavy atom. The molecule has 0 amide bonds. The predicted octanol–water partition coefficient (Wildman–Crippen LogP) is 2.19. The molecule has 0 spiro atoms. The van der Waals surface area contributed by atoms with Gasteiger partial charge in [-0.15, -0.1) is 11.3 Å². The number of hydrogen-bond donors (Lipinski definition) is 1. The Bertz CT molecular complexity index is 372. The average Bonchev–Trinajstić information content (AvgIpc) is 2.90. The van der Waals surface area contributed by atoms with Crippen molar-refractivity contribution >= 4 is 22.3 Å². The van der Waals surface area contributed by atoms with E-state index in [9.17, 15) is 4.79 Å². The van der Waals surface area contributed by atoms with Crippen molar-refractivity contribution in [1.82, 2.24) is 4.98 Å². The van der Waals surface area contributed by atoms with Crippen LogP contribution >= 0.6 is 11.3 Å². The standard InChI is InChI=1S/C12H18N2O2S/c13-12-14-9(8-17-12)7-10(15)3-1-4-11-5-2-6-16-11/h8,11H,1-7H2,(H2,13,14). The summed E-state index contributed by atoms with van der Waals surface area (Å²) in [5, 5.41) is 2.39. The Morgan fingerprint density at radius 3 is 3.18 bits per heavy atom. The number of aromatic nitrogens is 1. The van der Waals surface area contributed by atoms with E-state index in [1.807, 2.05) is 5.38 Å². The lowest BCUT2D eigenvalue weighted by Crippen LogP contribution is -2.08. The molecule has 0 aliphatic carbocycles. The van der Waals surface area contributed by atoms with Gasteiger partial charge in [-0.3, -0.25) is 4.79 Å². The van der Waals surface area contributed by atoms with Crippen molar-refractivity contribution in [2.45, 2.75) is 44.6 Å². The molecule has 0 bridgehead atoms. The Kier molecular flexibility index (Phi) is 4.50. The summed E-state index contributed by atoms with van der Waals surface area (Å²) < 4.78 is 5.52. The van der Waals surface area contributed by atoms with Gasteiger partial charge in [-0.05, 0) is 25.7 Å². The molecule has 5 heteroatoms. The molecular formula is C12H18N2O2S. The van der Waals surface area contributed by atoms with Crippen LogP contribution < -0.4 is 5.73 Å². The van der Waals surface area contributed by atoms with Crippen LogP contribution in [-0.2, 0) is 16.0 Å². The maximum absolute atomic E-state index is 11.7. The summed E-state index contributed by atoms with van der Waals surface area (Å²) >= 11 is 1.39. The van der Waals surface area contributed by atoms with E-state index in [4.69, 9.17) is 10.5 Å². The van der Waals surface area contributed by atoms with Gasteiger partial charge in [0.15, 0.2) is 5.13 Å². The normalized spacial score (nSPS) is 19.6. The maximum atomic E-state index is 11.7. The first kappa shape index (κ1) is 12.5. The molecule has 0 saturated carbocycles. The summed E-state index contributed by atoms with van der Waals surface area (Å²) in [5.41, 5.74) is 6.32. The van der Waals surface area contributed by atoms with Crippen LogP contribution in [0.15, 0.2) is 5.38 Å². The van der Waals surface area contributed by atoms with E-state index in [-0.39, 0.29) is 5.78 Å². The van der Waals surface area contributed by atoms with Gasteiger partial charge in [0.05, 0.1) is 11.8 Å². The molecule has 1 saturated heterocycles. The van der Waals surface area contributed by atoms with Gasteiger partial charge in [-0.1, -0.05) is 0 Å². The van der Waals surface area contributed by atoms with Crippen molar-refractivity contribution in [2.75, 3.05) is 12.3 Å².